The zero-order valence-corrected chi connectivity index (χ0v) is 14.0. The highest BCUT2D eigenvalue weighted by atomic mass is 35.5. The molecule has 0 unspecified atom stereocenters. The predicted octanol–water partition coefficient (Wildman–Crippen LogP) is 2.52. The van der Waals surface area contributed by atoms with Gasteiger partial charge in [-0.2, -0.15) is 0 Å². The number of aromatic nitrogens is 2. The lowest BCUT2D eigenvalue weighted by atomic mass is 10.2. The molecule has 122 valence electrons. The zero-order valence-electron chi connectivity index (χ0n) is 12.5. The van der Waals surface area contributed by atoms with E-state index in [0.29, 0.717) is 10.2 Å². The molecule has 2 rings (SSSR count). The second kappa shape index (κ2) is 8.03. The number of carbonyl (C=O) groups excluding carboxylic acids is 1. The van der Waals surface area contributed by atoms with E-state index in [1.807, 2.05) is 35.9 Å². The molecule has 1 amide bonds. The fourth-order valence-corrected chi connectivity index (χ4v) is 2.89. The topological polar surface area (TPSA) is 84.2 Å². The van der Waals surface area contributed by atoms with Gasteiger partial charge in [0, 0.05) is 24.0 Å². The molecule has 0 radical (unpaired) electrons. The van der Waals surface area contributed by atoms with Crippen LogP contribution in [-0.2, 0) is 9.59 Å². The molecule has 0 saturated carbocycles. The van der Waals surface area contributed by atoms with Gasteiger partial charge in [-0.15, -0.1) is 0 Å². The zero-order chi connectivity index (χ0) is 16.8. The van der Waals surface area contributed by atoms with E-state index in [1.165, 1.54) is 11.8 Å². The smallest absolute Gasteiger partial charge is 0.305 e. The summed E-state index contributed by atoms with van der Waals surface area (Å²) in [7, 11) is 0. The highest BCUT2D eigenvalue weighted by molar-refractivity contribution is 7.99. The molecule has 2 N–H and O–H groups in total. The maximum absolute atomic E-state index is 11.7. The van der Waals surface area contributed by atoms with Gasteiger partial charge < -0.3 is 10.4 Å². The number of nitrogens with zero attached hydrogens (tertiary/aromatic N) is 2. The summed E-state index contributed by atoms with van der Waals surface area (Å²) in [6, 6.07) is 5.61. The summed E-state index contributed by atoms with van der Waals surface area (Å²) < 4.78 is 1.87. The van der Waals surface area contributed by atoms with Crippen LogP contribution >= 0.6 is 23.4 Å². The van der Waals surface area contributed by atoms with Crippen molar-refractivity contribution in [3.63, 3.8) is 0 Å². The number of nitrogens with one attached hydrogen (secondary N) is 1. The highest BCUT2D eigenvalue weighted by Gasteiger charge is 2.11. The molecule has 8 heteroatoms. The first kappa shape index (κ1) is 17.4. The molecule has 0 saturated heterocycles. The molecule has 0 spiro atoms. The average molecular weight is 354 g/mol. The van der Waals surface area contributed by atoms with E-state index in [2.05, 4.69) is 10.3 Å². The van der Waals surface area contributed by atoms with Crippen molar-refractivity contribution in [2.75, 3.05) is 12.3 Å². The van der Waals surface area contributed by atoms with Crippen molar-refractivity contribution < 1.29 is 14.7 Å². The number of benzene rings is 1. The molecule has 0 aliphatic heterocycles. The standard InChI is InChI=1S/C15H16ClN3O3S/c1-10-11(16)3-2-4-12(10)19-8-7-18-15(19)23-9-13(20)17-6-5-14(21)22/h2-4,7-8H,5-6,9H2,1H3,(H,17,20)(H,21,22). The van der Waals surface area contributed by atoms with Gasteiger partial charge in [0.2, 0.25) is 5.91 Å². The fraction of sp³-hybridized carbons (Fsp3) is 0.267. The van der Waals surface area contributed by atoms with Crippen molar-refractivity contribution in [3.8, 4) is 5.69 Å². The Morgan fingerprint density at radius 1 is 1.43 bits per heavy atom. The Balaban J connectivity index is 2.00. The Hall–Kier alpha value is -1.99. The largest absolute Gasteiger partial charge is 0.481 e. The average Bonchev–Trinajstić information content (AvgIpc) is 2.96. The predicted molar refractivity (Wildman–Crippen MR) is 89.3 cm³/mol. The lowest BCUT2D eigenvalue weighted by molar-refractivity contribution is -0.136. The van der Waals surface area contributed by atoms with Crippen LogP contribution < -0.4 is 5.32 Å². The fourth-order valence-electron chi connectivity index (χ4n) is 1.93. The Morgan fingerprint density at radius 3 is 2.96 bits per heavy atom. The van der Waals surface area contributed by atoms with Crippen LogP contribution in [0.2, 0.25) is 5.02 Å². The first-order chi connectivity index (χ1) is 11.0. The molecule has 1 aromatic carbocycles. The van der Waals surface area contributed by atoms with Crippen LogP contribution in [-0.4, -0.2) is 38.8 Å². The molecule has 6 nitrogen and oxygen atoms in total. The number of carbonyl (C=O) groups is 2. The summed E-state index contributed by atoms with van der Waals surface area (Å²) in [4.78, 5) is 26.4. The van der Waals surface area contributed by atoms with E-state index in [0.717, 1.165) is 11.3 Å². The van der Waals surface area contributed by atoms with Crippen LogP contribution in [0.4, 0.5) is 0 Å². The molecular formula is C15H16ClN3O3S. The summed E-state index contributed by atoms with van der Waals surface area (Å²) in [6.07, 6.45) is 3.38. The molecule has 1 aromatic heterocycles. The van der Waals surface area contributed by atoms with Crippen molar-refractivity contribution >= 4 is 35.2 Å². The number of imidazole rings is 1. The number of halogens is 1. The van der Waals surface area contributed by atoms with E-state index in [9.17, 15) is 9.59 Å². The second-order valence-electron chi connectivity index (χ2n) is 4.75. The summed E-state index contributed by atoms with van der Waals surface area (Å²) in [5, 5.41) is 12.4. The Bertz CT molecular complexity index is 718. The summed E-state index contributed by atoms with van der Waals surface area (Å²) in [6.45, 7) is 2.04. The highest BCUT2D eigenvalue weighted by Crippen LogP contribution is 2.26. The Kier molecular flexibility index (Phi) is 6.06. The minimum Gasteiger partial charge on any atom is -0.481 e. The van der Waals surface area contributed by atoms with Crippen LogP contribution in [0.15, 0.2) is 35.7 Å². The van der Waals surface area contributed by atoms with Crippen molar-refractivity contribution in [1.82, 2.24) is 14.9 Å². The number of carboxylic acid groups (broad SMARTS) is 1. The maximum Gasteiger partial charge on any atom is 0.305 e. The number of hydrogen-bond acceptors (Lipinski definition) is 4. The Morgan fingerprint density at radius 2 is 2.22 bits per heavy atom. The third-order valence-corrected chi connectivity index (χ3v) is 4.48. The Labute approximate surface area is 142 Å². The molecule has 23 heavy (non-hydrogen) atoms. The van der Waals surface area contributed by atoms with Gasteiger partial charge in [-0.25, -0.2) is 4.98 Å². The minimum atomic E-state index is -0.940. The van der Waals surface area contributed by atoms with Gasteiger partial charge in [0.05, 0.1) is 17.9 Å². The second-order valence-corrected chi connectivity index (χ2v) is 6.10. The number of amides is 1. The molecule has 0 aliphatic carbocycles. The van der Waals surface area contributed by atoms with Gasteiger partial charge in [0.25, 0.3) is 0 Å². The van der Waals surface area contributed by atoms with Crippen molar-refractivity contribution in [2.24, 2.45) is 0 Å². The lowest BCUT2D eigenvalue weighted by Gasteiger charge is -2.11. The van der Waals surface area contributed by atoms with Gasteiger partial charge >= 0.3 is 5.97 Å². The quantitative estimate of drug-likeness (QED) is 0.747. The first-order valence-electron chi connectivity index (χ1n) is 6.89. The van der Waals surface area contributed by atoms with Crippen molar-refractivity contribution in [2.45, 2.75) is 18.5 Å². The van der Waals surface area contributed by atoms with Crippen molar-refractivity contribution in [1.29, 1.82) is 0 Å². The number of thioether (sulfide) groups is 1. The van der Waals surface area contributed by atoms with E-state index < -0.39 is 5.97 Å². The molecule has 0 aliphatic rings. The van der Waals surface area contributed by atoms with E-state index in [-0.39, 0.29) is 24.6 Å². The minimum absolute atomic E-state index is 0.0905. The van der Waals surface area contributed by atoms with Crippen LogP contribution in [0.5, 0.6) is 0 Å². The number of aliphatic carboxylic acids is 1. The lowest BCUT2D eigenvalue weighted by Crippen LogP contribution is -2.27. The third kappa shape index (κ3) is 4.74. The molecular weight excluding hydrogens is 338 g/mol. The number of carboxylic acids is 1. The molecule has 0 bridgehead atoms. The molecule has 2 aromatic rings. The van der Waals surface area contributed by atoms with Gasteiger partial charge in [0.1, 0.15) is 0 Å². The van der Waals surface area contributed by atoms with E-state index in [4.69, 9.17) is 16.7 Å². The van der Waals surface area contributed by atoms with Crippen LogP contribution in [0.25, 0.3) is 5.69 Å². The van der Waals surface area contributed by atoms with Gasteiger partial charge in [-0.05, 0) is 24.6 Å². The van der Waals surface area contributed by atoms with Gasteiger partial charge in [0.15, 0.2) is 5.16 Å². The monoisotopic (exact) mass is 353 g/mol. The summed E-state index contributed by atoms with van der Waals surface area (Å²) in [5.41, 5.74) is 1.84. The molecule has 0 atom stereocenters. The van der Waals surface area contributed by atoms with E-state index >= 15 is 0 Å². The normalized spacial score (nSPS) is 10.5. The van der Waals surface area contributed by atoms with Crippen LogP contribution in [0.3, 0.4) is 0 Å². The number of hydrogen-bond donors (Lipinski definition) is 2. The summed E-state index contributed by atoms with van der Waals surface area (Å²) >= 11 is 7.42. The number of rotatable bonds is 7. The molecule has 0 fully saturated rings. The van der Waals surface area contributed by atoms with Crippen LogP contribution in [0, 0.1) is 6.92 Å². The SMILES string of the molecule is Cc1c(Cl)cccc1-n1ccnc1SCC(=O)NCCC(=O)O. The van der Waals surface area contributed by atoms with Crippen LogP contribution in [0.1, 0.15) is 12.0 Å². The molecule has 1 heterocycles. The summed E-state index contributed by atoms with van der Waals surface area (Å²) in [5.74, 6) is -1.01. The first-order valence-corrected chi connectivity index (χ1v) is 8.25. The van der Waals surface area contributed by atoms with Crippen molar-refractivity contribution in [3.05, 3.63) is 41.2 Å². The van der Waals surface area contributed by atoms with Gasteiger partial charge in [-0.1, -0.05) is 29.4 Å². The maximum atomic E-state index is 11.7. The third-order valence-electron chi connectivity index (χ3n) is 3.10. The van der Waals surface area contributed by atoms with E-state index in [1.54, 1.807) is 6.20 Å². The van der Waals surface area contributed by atoms with Gasteiger partial charge in [-0.3, -0.25) is 14.2 Å².